The molecule has 4 rings (SSSR count). The summed E-state index contributed by atoms with van der Waals surface area (Å²) < 4.78 is 18.6. The van der Waals surface area contributed by atoms with E-state index in [2.05, 4.69) is 15.5 Å². The fraction of sp³-hybridized carbons (Fsp3) is 0.333. The Balaban J connectivity index is 1.28. The van der Waals surface area contributed by atoms with Crippen molar-refractivity contribution >= 4 is 51.3 Å². The summed E-state index contributed by atoms with van der Waals surface area (Å²) in [6.45, 7) is 4.46. The predicted octanol–water partition coefficient (Wildman–Crippen LogP) is 3.18. The second kappa shape index (κ2) is 12.5. The van der Waals surface area contributed by atoms with Gasteiger partial charge in [-0.05, 0) is 42.8 Å². The van der Waals surface area contributed by atoms with Crippen LogP contribution in [-0.4, -0.2) is 73.2 Å². The van der Waals surface area contributed by atoms with Gasteiger partial charge in [0.15, 0.2) is 22.4 Å². The van der Waals surface area contributed by atoms with E-state index in [0.29, 0.717) is 44.4 Å². The summed E-state index contributed by atoms with van der Waals surface area (Å²) in [5, 5.41) is 4.04. The molecule has 1 aromatic heterocycles. The summed E-state index contributed by atoms with van der Waals surface area (Å²) >= 11 is 2.94. The summed E-state index contributed by atoms with van der Waals surface area (Å²) in [5.41, 5.74) is 4.19. The van der Waals surface area contributed by atoms with Crippen LogP contribution in [0.4, 0.5) is 0 Å². The van der Waals surface area contributed by atoms with Crippen molar-refractivity contribution in [2.24, 2.45) is 5.10 Å². The lowest BCUT2D eigenvalue weighted by atomic mass is 10.2. The fourth-order valence-electron chi connectivity index (χ4n) is 3.29. The van der Waals surface area contributed by atoms with E-state index in [4.69, 9.17) is 14.2 Å². The van der Waals surface area contributed by atoms with Gasteiger partial charge in [-0.1, -0.05) is 23.9 Å². The van der Waals surface area contributed by atoms with Crippen LogP contribution in [-0.2, 0) is 14.3 Å². The molecule has 0 bridgehead atoms. The summed E-state index contributed by atoms with van der Waals surface area (Å²) in [7, 11) is 0. The molecule has 35 heavy (non-hydrogen) atoms. The smallest absolute Gasteiger partial charge is 0.260 e. The first kappa shape index (κ1) is 25.0. The van der Waals surface area contributed by atoms with Crippen LogP contribution in [0.2, 0.25) is 0 Å². The third-order valence-electron chi connectivity index (χ3n) is 4.99. The maximum atomic E-state index is 12.3. The largest absolute Gasteiger partial charge is 0.490 e. The number of hydrazone groups is 1. The highest BCUT2D eigenvalue weighted by atomic mass is 32.2. The van der Waals surface area contributed by atoms with E-state index < -0.39 is 0 Å². The van der Waals surface area contributed by atoms with Crippen LogP contribution >= 0.6 is 23.1 Å². The van der Waals surface area contributed by atoms with Crippen LogP contribution < -0.4 is 14.9 Å². The fourth-order valence-corrected chi connectivity index (χ4v) is 5.15. The number of benzene rings is 2. The van der Waals surface area contributed by atoms with Gasteiger partial charge in [0.1, 0.15) is 0 Å². The monoisotopic (exact) mass is 514 g/mol. The van der Waals surface area contributed by atoms with Gasteiger partial charge < -0.3 is 19.1 Å². The van der Waals surface area contributed by atoms with Gasteiger partial charge in [-0.3, -0.25) is 9.59 Å². The molecule has 11 heteroatoms. The molecular weight excluding hydrogens is 488 g/mol. The van der Waals surface area contributed by atoms with Crippen molar-refractivity contribution in [1.29, 1.82) is 0 Å². The minimum absolute atomic E-state index is 0.0735. The van der Waals surface area contributed by atoms with Gasteiger partial charge in [0.05, 0.1) is 42.0 Å². The number of nitrogens with one attached hydrogen (secondary N) is 1. The zero-order chi connectivity index (χ0) is 24.5. The van der Waals surface area contributed by atoms with E-state index >= 15 is 0 Å². The molecule has 1 saturated heterocycles. The van der Waals surface area contributed by atoms with Crippen LogP contribution in [0.1, 0.15) is 12.5 Å². The predicted molar refractivity (Wildman–Crippen MR) is 137 cm³/mol. The molecule has 2 aromatic carbocycles. The average molecular weight is 515 g/mol. The van der Waals surface area contributed by atoms with Crippen LogP contribution in [0.5, 0.6) is 11.5 Å². The molecule has 2 heterocycles. The highest BCUT2D eigenvalue weighted by Gasteiger charge is 2.18. The number of amides is 2. The molecule has 1 aliphatic rings. The van der Waals surface area contributed by atoms with Crippen molar-refractivity contribution in [3.8, 4) is 11.5 Å². The van der Waals surface area contributed by atoms with E-state index in [1.807, 2.05) is 31.2 Å². The van der Waals surface area contributed by atoms with Crippen LogP contribution in [0.15, 0.2) is 51.9 Å². The standard InChI is InChI=1S/C24H26N4O5S2/c1-2-32-20-13-17(7-8-19(20)33-15-23(30)28-9-11-31-12-10-28)14-25-27-22(29)16-34-24-26-18-5-3-4-6-21(18)35-24/h3-8,13-14H,2,9-12,15-16H2,1H3,(H,27,29)/b25-14+. The first-order valence-corrected chi connectivity index (χ1v) is 13.0. The maximum Gasteiger partial charge on any atom is 0.260 e. The van der Waals surface area contributed by atoms with E-state index in [9.17, 15) is 9.59 Å². The number of thioether (sulfide) groups is 1. The van der Waals surface area contributed by atoms with Gasteiger partial charge in [0.2, 0.25) is 0 Å². The van der Waals surface area contributed by atoms with Crippen molar-refractivity contribution in [1.82, 2.24) is 15.3 Å². The summed E-state index contributed by atoms with van der Waals surface area (Å²) in [6, 6.07) is 13.1. The normalized spacial score (nSPS) is 13.8. The van der Waals surface area contributed by atoms with Gasteiger partial charge in [-0.15, -0.1) is 11.3 Å². The molecular formula is C24H26N4O5S2. The molecule has 2 amide bonds. The minimum Gasteiger partial charge on any atom is -0.490 e. The summed E-state index contributed by atoms with van der Waals surface area (Å²) in [5.74, 6) is 0.876. The molecule has 0 unspecified atom stereocenters. The zero-order valence-corrected chi connectivity index (χ0v) is 20.9. The Hall–Kier alpha value is -3.15. The number of para-hydroxylation sites is 1. The molecule has 9 nitrogen and oxygen atoms in total. The molecule has 1 fully saturated rings. The van der Waals surface area contributed by atoms with Crippen molar-refractivity contribution in [2.45, 2.75) is 11.3 Å². The lowest BCUT2D eigenvalue weighted by Crippen LogP contribution is -2.43. The van der Waals surface area contributed by atoms with Crippen molar-refractivity contribution in [3.05, 3.63) is 48.0 Å². The number of thiazole rings is 1. The van der Waals surface area contributed by atoms with Crippen LogP contribution in [0.25, 0.3) is 10.2 Å². The Bertz CT molecular complexity index is 1160. The molecule has 1 N–H and O–H groups in total. The molecule has 0 spiro atoms. The summed E-state index contributed by atoms with van der Waals surface area (Å²) in [6.07, 6.45) is 1.53. The zero-order valence-electron chi connectivity index (χ0n) is 19.3. The van der Waals surface area contributed by atoms with E-state index in [1.54, 1.807) is 34.4 Å². The molecule has 184 valence electrons. The number of morpholine rings is 1. The number of hydrogen-bond donors (Lipinski definition) is 1. The second-order valence-electron chi connectivity index (χ2n) is 7.45. The van der Waals surface area contributed by atoms with Crippen LogP contribution in [0.3, 0.4) is 0 Å². The van der Waals surface area contributed by atoms with Gasteiger partial charge in [0, 0.05) is 13.1 Å². The first-order chi connectivity index (χ1) is 17.1. The SMILES string of the molecule is CCOc1cc(/C=N/NC(=O)CSc2nc3ccccc3s2)ccc1OCC(=O)N1CCOCC1. The highest BCUT2D eigenvalue weighted by molar-refractivity contribution is 8.01. The quantitative estimate of drug-likeness (QED) is 0.252. The number of rotatable bonds is 10. The minimum atomic E-state index is -0.225. The van der Waals surface area contributed by atoms with Crippen molar-refractivity contribution < 1.29 is 23.8 Å². The van der Waals surface area contributed by atoms with Gasteiger partial charge in [-0.2, -0.15) is 5.10 Å². The van der Waals surface area contributed by atoms with Gasteiger partial charge in [-0.25, -0.2) is 10.4 Å². The van der Waals surface area contributed by atoms with E-state index in [0.717, 1.165) is 20.1 Å². The maximum absolute atomic E-state index is 12.3. The number of nitrogens with zero attached hydrogens (tertiary/aromatic N) is 3. The molecule has 0 radical (unpaired) electrons. The number of fused-ring (bicyclic) bond motifs is 1. The van der Waals surface area contributed by atoms with Gasteiger partial charge >= 0.3 is 0 Å². The Morgan fingerprint density at radius 2 is 2.03 bits per heavy atom. The van der Waals surface area contributed by atoms with Crippen molar-refractivity contribution in [2.75, 3.05) is 45.3 Å². The van der Waals surface area contributed by atoms with Gasteiger partial charge in [0.25, 0.3) is 11.8 Å². The first-order valence-electron chi connectivity index (χ1n) is 11.2. The third kappa shape index (κ3) is 7.17. The Morgan fingerprint density at radius 3 is 2.83 bits per heavy atom. The number of hydrogen-bond acceptors (Lipinski definition) is 9. The lowest BCUT2D eigenvalue weighted by Gasteiger charge is -2.26. The number of aromatic nitrogens is 1. The van der Waals surface area contributed by atoms with E-state index in [1.165, 1.54) is 18.0 Å². The number of carbonyl (C=O) groups is 2. The average Bonchev–Trinajstić information content (AvgIpc) is 3.31. The Kier molecular flexibility index (Phi) is 8.93. The highest BCUT2D eigenvalue weighted by Crippen LogP contribution is 2.29. The second-order valence-corrected chi connectivity index (χ2v) is 9.70. The topological polar surface area (TPSA) is 102 Å². The summed E-state index contributed by atoms with van der Waals surface area (Å²) in [4.78, 5) is 30.7. The molecule has 0 atom stereocenters. The number of ether oxygens (including phenoxy) is 3. The number of carbonyl (C=O) groups excluding carboxylic acids is 2. The molecule has 1 aliphatic heterocycles. The molecule has 0 aliphatic carbocycles. The molecule has 3 aromatic rings. The Labute approximate surface area is 211 Å². The third-order valence-corrected chi connectivity index (χ3v) is 7.17. The molecule has 0 saturated carbocycles. The Morgan fingerprint density at radius 1 is 1.20 bits per heavy atom. The van der Waals surface area contributed by atoms with E-state index in [-0.39, 0.29) is 24.2 Å². The van der Waals surface area contributed by atoms with Crippen molar-refractivity contribution in [3.63, 3.8) is 0 Å². The van der Waals surface area contributed by atoms with Crippen LogP contribution in [0, 0.1) is 0 Å². The lowest BCUT2D eigenvalue weighted by molar-refractivity contribution is -0.137.